The van der Waals surface area contributed by atoms with E-state index in [0.717, 1.165) is 36.8 Å². The number of benzene rings is 1. The van der Waals surface area contributed by atoms with Crippen LogP contribution in [0.1, 0.15) is 74.4 Å². The molecule has 4 saturated carbocycles. The Kier molecular flexibility index (Phi) is 6.41. The van der Waals surface area contributed by atoms with Crippen molar-refractivity contribution in [1.29, 1.82) is 0 Å². The second kappa shape index (κ2) is 9.32. The van der Waals surface area contributed by atoms with E-state index in [2.05, 4.69) is 11.4 Å². The molecule has 1 aliphatic heterocycles. The van der Waals surface area contributed by atoms with E-state index in [4.69, 9.17) is 23.2 Å². The van der Waals surface area contributed by atoms with Crippen LogP contribution in [0.4, 0.5) is 0 Å². The lowest BCUT2D eigenvalue weighted by molar-refractivity contribution is -0.162. The fourth-order valence-electron chi connectivity index (χ4n) is 8.05. The number of rotatable bonds is 5. The molecule has 1 unspecified atom stereocenters. The summed E-state index contributed by atoms with van der Waals surface area (Å²) in [5, 5.41) is 3.23. The van der Waals surface area contributed by atoms with Crippen LogP contribution in [0, 0.1) is 23.2 Å². The third-order valence-electron chi connectivity index (χ3n) is 9.23. The summed E-state index contributed by atoms with van der Waals surface area (Å²) in [6.45, 7) is 4.84. The second-order valence-electron chi connectivity index (χ2n) is 11.9. The first-order chi connectivity index (χ1) is 17.2. The van der Waals surface area contributed by atoms with Gasteiger partial charge < -0.3 is 9.80 Å². The number of thiophene rings is 1. The highest BCUT2D eigenvalue weighted by molar-refractivity contribution is 7.10. The largest absolute Gasteiger partial charge is 0.330 e. The minimum atomic E-state index is -0.263. The van der Waals surface area contributed by atoms with Gasteiger partial charge in [-0.2, -0.15) is 0 Å². The van der Waals surface area contributed by atoms with Crippen molar-refractivity contribution in [2.45, 2.75) is 70.9 Å². The molecule has 5 aliphatic rings. The Morgan fingerprint density at radius 1 is 1.06 bits per heavy atom. The van der Waals surface area contributed by atoms with E-state index >= 15 is 0 Å². The highest BCUT2D eigenvalue weighted by Crippen LogP contribution is 2.60. The lowest BCUT2D eigenvalue weighted by atomic mass is 9.49. The van der Waals surface area contributed by atoms with Crippen molar-refractivity contribution in [3.8, 4) is 0 Å². The molecule has 0 saturated heterocycles. The number of nitrogens with zero attached hydrogens (tertiary/aromatic N) is 2. The summed E-state index contributed by atoms with van der Waals surface area (Å²) < 4.78 is 0. The van der Waals surface area contributed by atoms with E-state index < -0.39 is 0 Å². The van der Waals surface area contributed by atoms with Crippen LogP contribution < -0.4 is 0 Å². The van der Waals surface area contributed by atoms with E-state index in [1.807, 2.05) is 35.8 Å². The summed E-state index contributed by atoms with van der Waals surface area (Å²) >= 11 is 14.6. The fourth-order valence-corrected chi connectivity index (χ4v) is 9.46. The molecule has 2 heterocycles. The third-order valence-corrected chi connectivity index (χ3v) is 10.8. The number of halogens is 2. The van der Waals surface area contributed by atoms with Gasteiger partial charge in [0.25, 0.3) is 0 Å². The average Bonchev–Trinajstić information content (AvgIpc) is 3.30. The molecule has 4 fully saturated rings. The van der Waals surface area contributed by atoms with Gasteiger partial charge in [-0.15, -0.1) is 11.3 Å². The summed E-state index contributed by atoms with van der Waals surface area (Å²) in [6, 6.07) is 7.34. The van der Waals surface area contributed by atoms with Gasteiger partial charge in [-0.3, -0.25) is 9.59 Å². The van der Waals surface area contributed by atoms with Crippen molar-refractivity contribution in [2.24, 2.45) is 23.2 Å². The van der Waals surface area contributed by atoms with Gasteiger partial charge in [0.05, 0.1) is 11.5 Å². The van der Waals surface area contributed by atoms with Crippen molar-refractivity contribution in [3.63, 3.8) is 0 Å². The first kappa shape index (κ1) is 24.8. The van der Waals surface area contributed by atoms with Crippen LogP contribution >= 0.6 is 34.5 Å². The lowest BCUT2D eigenvalue weighted by Gasteiger charge is -2.57. The molecule has 36 heavy (non-hydrogen) atoms. The van der Waals surface area contributed by atoms with Gasteiger partial charge in [-0.25, -0.2) is 0 Å². The van der Waals surface area contributed by atoms with Crippen LogP contribution in [0.25, 0.3) is 0 Å². The second-order valence-corrected chi connectivity index (χ2v) is 13.8. The normalized spacial score (nSPS) is 30.5. The minimum Gasteiger partial charge on any atom is -0.330 e. The Labute approximate surface area is 227 Å². The van der Waals surface area contributed by atoms with Gasteiger partial charge in [0.15, 0.2) is 0 Å². The summed E-state index contributed by atoms with van der Waals surface area (Å²) in [5.41, 5.74) is 1.77. The van der Waals surface area contributed by atoms with E-state index in [1.165, 1.54) is 24.1 Å². The molecule has 7 rings (SSSR count). The lowest BCUT2D eigenvalue weighted by Crippen LogP contribution is -2.57. The van der Waals surface area contributed by atoms with E-state index in [1.54, 1.807) is 17.4 Å². The molecule has 2 amide bonds. The quantitative estimate of drug-likeness (QED) is 0.407. The number of carbonyl (C=O) groups is 2. The van der Waals surface area contributed by atoms with Gasteiger partial charge in [-0.1, -0.05) is 29.3 Å². The van der Waals surface area contributed by atoms with Crippen molar-refractivity contribution in [2.75, 3.05) is 13.1 Å². The fraction of sp³-hybridized carbons (Fsp3) is 0.586. The SMILES string of the molecule is CC(C)N(CC(=O)N1CCc2sccc2C1c1ccc(Cl)cc1Cl)C(=O)C12CC3CC(CC(C3)C1)C2. The Bertz CT molecular complexity index is 1160. The van der Waals surface area contributed by atoms with E-state index in [-0.39, 0.29) is 35.9 Å². The Balaban J connectivity index is 1.28. The predicted molar refractivity (Wildman–Crippen MR) is 145 cm³/mol. The predicted octanol–water partition coefficient (Wildman–Crippen LogP) is 6.98. The molecule has 4 nitrogen and oxygen atoms in total. The van der Waals surface area contributed by atoms with Crippen LogP contribution in [0.15, 0.2) is 29.6 Å². The Morgan fingerprint density at radius 2 is 1.72 bits per heavy atom. The maximum Gasteiger partial charge on any atom is 0.243 e. The van der Waals surface area contributed by atoms with Crippen LogP contribution in [0.3, 0.4) is 0 Å². The van der Waals surface area contributed by atoms with Crippen LogP contribution in [-0.4, -0.2) is 40.7 Å². The third kappa shape index (κ3) is 4.19. The molecule has 192 valence electrons. The number of hydrogen-bond donors (Lipinski definition) is 0. The molecule has 0 spiro atoms. The standard InChI is InChI=1S/C29H34Cl2N2O2S/c1-17(2)33(28(35)29-13-18-9-19(14-29)11-20(10-18)15-29)16-26(34)32-7-5-25-23(6-8-36-25)27(32)22-4-3-21(30)12-24(22)31/h3-4,6,8,12,17-20,27H,5,7,9-11,13-16H2,1-2H3. The molecule has 1 aromatic carbocycles. The van der Waals surface area contributed by atoms with Crippen molar-refractivity contribution >= 4 is 46.4 Å². The minimum absolute atomic E-state index is 0.00496. The summed E-state index contributed by atoms with van der Waals surface area (Å²) in [4.78, 5) is 33.3. The Hall–Kier alpha value is -1.56. The molecule has 1 aromatic heterocycles. The molecule has 4 aliphatic carbocycles. The summed E-state index contributed by atoms with van der Waals surface area (Å²) in [7, 11) is 0. The maximum absolute atomic E-state index is 14.2. The van der Waals surface area contributed by atoms with Crippen LogP contribution in [0.2, 0.25) is 10.0 Å². The van der Waals surface area contributed by atoms with Gasteiger partial charge in [0.2, 0.25) is 11.8 Å². The summed E-state index contributed by atoms with van der Waals surface area (Å²) in [5.74, 6) is 2.30. The maximum atomic E-state index is 14.2. The zero-order valence-electron chi connectivity index (χ0n) is 21.0. The van der Waals surface area contributed by atoms with Crippen molar-refractivity contribution in [1.82, 2.24) is 9.80 Å². The number of fused-ring (bicyclic) bond motifs is 1. The molecular formula is C29H34Cl2N2O2S. The van der Waals surface area contributed by atoms with Gasteiger partial charge in [0.1, 0.15) is 6.54 Å². The van der Waals surface area contributed by atoms with Gasteiger partial charge >= 0.3 is 0 Å². The number of hydrogen-bond acceptors (Lipinski definition) is 3. The van der Waals surface area contributed by atoms with E-state index in [9.17, 15) is 9.59 Å². The first-order valence-corrected chi connectivity index (χ1v) is 15.0. The molecule has 0 N–H and O–H groups in total. The molecule has 2 aromatic rings. The molecule has 7 heteroatoms. The molecule has 4 bridgehead atoms. The van der Waals surface area contributed by atoms with Gasteiger partial charge in [-0.05, 0) is 111 Å². The van der Waals surface area contributed by atoms with Crippen LogP contribution in [-0.2, 0) is 16.0 Å². The van der Waals surface area contributed by atoms with Crippen molar-refractivity contribution in [3.05, 3.63) is 55.7 Å². The molecule has 0 radical (unpaired) electrons. The number of carbonyl (C=O) groups excluding carboxylic acids is 2. The monoisotopic (exact) mass is 544 g/mol. The molecule has 1 atom stereocenters. The highest BCUT2D eigenvalue weighted by Gasteiger charge is 2.56. The van der Waals surface area contributed by atoms with Crippen molar-refractivity contribution < 1.29 is 9.59 Å². The highest BCUT2D eigenvalue weighted by atomic mass is 35.5. The average molecular weight is 546 g/mol. The van der Waals surface area contributed by atoms with Crippen LogP contribution in [0.5, 0.6) is 0 Å². The van der Waals surface area contributed by atoms with E-state index in [0.29, 0.717) is 34.3 Å². The first-order valence-electron chi connectivity index (χ1n) is 13.4. The smallest absolute Gasteiger partial charge is 0.243 e. The van der Waals surface area contributed by atoms with Gasteiger partial charge in [0, 0.05) is 27.5 Å². The zero-order valence-corrected chi connectivity index (χ0v) is 23.3. The number of amides is 2. The Morgan fingerprint density at radius 3 is 2.33 bits per heavy atom. The topological polar surface area (TPSA) is 40.6 Å². The zero-order chi connectivity index (χ0) is 25.2. The molecular weight excluding hydrogens is 511 g/mol. The summed E-state index contributed by atoms with van der Waals surface area (Å²) in [6.07, 6.45) is 7.76.